The van der Waals surface area contributed by atoms with Crippen LogP contribution in [0.4, 0.5) is 10.3 Å². The van der Waals surface area contributed by atoms with E-state index in [4.69, 9.17) is 21.1 Å². The second-order valence-electron chi connectivity index (χ2n) is 6.32. The number of carbonyl (C=O) groups excluding carboxylic acids is 1. The molecular weight excluding hydrogens is 514 g/mol. The summed E-state index contributed by atoms with van der Waals surface area (Å²) < 4.78 is 27.8. The van der Waals surface area contributed by atoms with Gasteiger partial charge in [0.25, 0.3) is 0 Å². The summed E-state index contributed by atoms with van der Waals surface area (Å²) in [6.45, 7) is -0.0454. The van der Waals surface area contributed by atoms with Crippen LogP contribution in [0.25, 0.3) is 0 Å². The number of aromatic nitrogens is 3. The van der Waals surface area contributed by atoms with Crippen molar-refractivity contribution in [2.75, 3.05) is 12.4 Å². The Balaban J connectivity index is 1.66. The van der Waals surface area contributed by atoms with Crippen LogP contribution in [0.5, 0.6) is 11.5 Å². The molecule has 150 valence electrons. The van der Waals surface area contributed by atoms with E-state index in [0.717, 1.165) is 9.13 Å². The average molecular weight is 529 g/mol. The first kappa shape index (κ1) is 19.9. The number of nitrogens with one attached hydrogen (secondary N) is 1. The highest BCUT2D eigenvalue weighted by atomic mass is 127. The number of carbonyl (C=O) groups is 1. The van der Waals surface area contributed by atoms with Crippen LogP contribution in [0.1, 0.15) is 23.6 Å². The molecule has 4 rings (SSSR count). The summed E-state index contributed by atoms with van der Waals surface area (Å²) >= 11 is 8.20. The van der Waals surface area contributed by atoms with Crippen molar-refractivity contribution in [2.24, 2.45) is 0 Å². The highest BCUT2D eigenvalue weighted by Gasteiger charge is 2.29. The maximum Gasteiger partial charge on any atom is 0.229 e. The van der Waals surface area contributed by atoms with Crippen molar-refractivity contribution < 1.29 is 18.7 Å². The van der Waals surface area contributed by atoms with Gasteiger partial charge in [0, 0.05) is 5.56 Å². The number of hydrogen-bond acceptors (Lipinski definition) is 5. The number of rotatable bonds is 5. The monoisotopic (exact) mass is 528 g/mol. The first-order valence-corrected chi connectivity index (χ1v) is 10.1. The van der Waals surface area contributed by atoms with E-state index in [1.165, 1.54) is 19.5 Å². The van der Waals surface area contributed by atoms with Crippen LogP contribution in [0.15, 0.2) is 36.7 Å². The Bertz CT molecular complexity index is 1070. The molecule has 29 heavy (non-hydrogen) atoms. The predicted molar refractivity (Wildman–Crippen MR) is 113 cm³/mol. The van der Waals surface area contributed by atoms with Gasteiger partial charge in [-0.25, -0.2) is 9.07 Å². The van der Waals surface area contributed by atoms with Crippen molar-refractivity contribution >= 4 is 46.0 Å². The average Bonchev–Trinajstić information content (AvgIpc) is 3.15. The molecule has 2 heterocycles. The quantitative estimate of drug-likeness (QED) is 0.503. The summed E-state index contributed by atoms with van der Waals surface area (Å²) in [5, 5.41) is 7.19. The van der Waals surface area contributed by atoms with Gasteiger partial charge in [0.2, 0.25) is 11.9 Å². The summed E-state index contributed by atoms with van der Waals surface area (Å²) in [6.07, 6.45) is 1.62. The lowest BCUT2D eigenvalue weighted by Crippen LogP contribution is -2.29. The van der Waals surface area contributed by atoms with E-state index in [1.54, 1.807) is 22.9 Å². The fraction of sp³-hybridized carbons (Fsp3) is 0.211. The van der Waals surface area contributed by atoms with Crippen molar-refractivity contribution in [3.05, 3.63) is 62.2 Å². The molecule has 1 amide bonds. The van der Waals surface area contributed by atoms with Crippen molar-refractivity contribution in [1.82, 2.24) is 14.8 Å². The molecule has 3 aromatic rings. The lowest BCUT2D eigenvalue weighted by Gasteiger charge is -2.25. The Labute approximate surface area is 184 Å². The zero-order valence-electron chi connectivity index (χ0n) is 15.2. The second kappa shape index (κ2) is 8.15. The van der Waals surface area contributed by atoms with Gasteiger partial charge in [-0.05, 0) is 52.4 Å². The van der Waals surface area contributed by atoms with E-state index in [2.05, 4.69) is 38.0 Å². The van der Waals surface area contributed by atoms with Crippen molar-refractivity contribution in [3.63, 3.8) is 0 Å². The Morgan fingerprint density at radius 3 is 3.00 bits per heavy atom. The Hall–Kier alpha value is -2.40. The molecule has 0 aliphatic carbocycles. The van der Waals surface area contributed by atoms with Gasteiger partial charge in [-0.15, -0.1) is 0 Å². The molecule has 0 unspecified atom stereocenters. The van der Waals surface area contributed by atoms with Gasteiger partial charge in [-0.2, -0.15) is 10.1 Å². The van der Waals surface area contributed by atoms with Gasteiger partial charge in [0.15, 0.2) is 11.5 Å². The summed E-state index contributed by atoms with van der Waals surface area (Å²) in [5.41, 5.74) is 1.09. The van der Waals surface area contributed by atoms with Gasteiger partial charge in [0.1, 0.15) is 18.8 Å². The minimum atomic E-state index is -0.435. The van der Waals surface area contributed by atoms with Crippen molar-refractivity contribution in [3.8, 4) is 11.5 Å². The number of ether oxygens (including phenoxy) is 2. The molecule has 0 saturated heterocycles. The molecule has 1 atom stereocenters. The van der Waals surface area contributed by atoms with E-state index < -0.39 is 5.82 Å². The maximum atomic E-state index is 14.0. The van der Waals surface area contributed by atoms with Crippen LogP contribution < -0.4 is 14.8 Å². The highest BCUT2D eigenvalue weighted by Crippen LogP contribution is 2.39. The largest absolute Gasteiger partial charge is 0.493 e. The number of anilines is 1. The fourth-order valence-electron chi connectivity index (χ4n) is 3.15. The van der Waals surface area contributed by atoms with Crippen LogP contribution >= 0.6 is 34.2 Å². The number of nitrogens with zero attached hydrogens (tertiary/aromatic N) is 3. The van der Waals surface area contributed by atoms with Crippen LogP contribution in [0, 0.1) is 9.39 Å². The summed E-state index contributed by atoms with van der Waals surface area (Å²) in [4.78, 5) is 16.1. The number of benzene rings is 2. The fourth-order valence-corrected chi connectivity index (χ4v) is 4.15. The molecule has 1 N–H and O–H groups in total. The number of amides is 1. The number of hydrogen-bond donors (Lipinski definition) is 1. The van der Waals surface area contributed by atoms with Gasteiger partial charge < -0.3 is 9.47 Å². The number of halogens is 3. The predicted octanol–water partition coefficient (Wildman–Crippen LogP) is 4.19. The molecule has 1 aliphatic rings. The standard InChI is InChI=1S/C19H15ClFIN4O3/c1-28-16-6-10(15-7-17(27)25-19-23-9-24-26(15)19)5-14(22)18(16)29-8-11-12(20)3-2-4-13(11)21/h2-6,9,15H,7-8H2,1H3,(H,23,24,25,27)/t15-/m0/s1. The molecule has 0 fully saturated rings. The zero-order valence-corrected chi connectivity index (χ0v) is 18.1. The summed E-state index contributed by atoms with van der Waals surface area (Å²) in [5.74, 6) is 0.756. The first-order valence-electron chi connectivity index (χ1n) is 8.60. The van der Waals surface area contributed by atoms with Gasteiger partial charge in [-0.1, -0.05) is 17.7 Å². The second-order valence-corrected chi connectivity index (χ2v) is 7.89. The maximum absolute atomic E-state index is 14.0. The molecule has 10 heteroatoms. The lowest BCUT2D eigenvalue weighted by molar-refractivity contribution is -0.117. The van der Waals surface area contributed by atoms with Gasteiger partial charge >= 0.3 is 0 Å². The summed E-state index contributed by atoms with van der Waals surface area (Å²) in [7, 11) is 1.52. The first-order chi connectivity index (χ1) is 14.0. The topological polar surface area (TPSA) is 78.3 Å². The third-order valence-electron chi connectivity index (χ3n) is 4.56. The summed E-state index contributed by atoms with van der Waals surface area (Å²) in [6, 6.07) is 7.83. The SMILES string of the molecule is COc1cc([C@@H]2CC(=O)Nc3ncnn32)cc(I)c1OCc1c(F)cccc1Cl. The van der Waals surface area contributed by atoms with Gasteiger partial charge in [0.05, 0.1) is 28.2 Å². The van der Waals surface area contributed by atoms with Crippen molar-refractivity contribution in [2.45, 2.75) is 19.1 Å². The smallest absolute Gasteiger partial charge is 0.229 e. The molecule has 7 nitrogen and oxygen atoms in total. The van der Waals surface area contributed by atoms with E-state index in [9.17, 15) is 9.18 Å². The molecule has 0 saturated carbocycles. The van der Waals surface area contributed by atoms with Crippen LogP contribution in [-0.4, -0.2) is 27.8 Å². The van der Waals surface area contributed by atoms with Crippen LogP contribution in [0.3, 0.4) is 0 Å². The van der Waals surface area contributed by atoms with Gasteiger partial charge in [-0.3, -0.25) is 10.1 Å². The Morgan fingerprint density at radius 1 is 1.41 bits per heavy atom. The van der Waals surface area contributed by atoms with E-state index in [0.29, 0.717) is 22.5 Å². The highest BCUT2D eigenvalue weighted by molar-refractivity contribution is 14.1. The minimum Gasteiger partial charge on any atom is -0.493 e. The Morgan fingerprint density at radius 2 is 2.24 bits per heavy atom. The van der Waals surface area contributed by atoms with Crippen molar-refractivity contribution in [1.29, 1.82) is 0 Å². The van der Waals surface area contributed by atoms with E-state index in [1.807, 2.05) is 6.07 Å². The number of fused-ring (bicyclic) bond motifs is 1. The molecule has 1 aromatic heterocycles. The third-order valence-corrected chi connectivity index (χ3v) is 5.71. The van der Waals surface area contributed by atoms with Crippen LogP contribution in [0.2, 0.25) is 5.02 Å². The third kappa shape index (κ3) is 3.88. The zero-order chi connectivity index (χ0) is 20.5. The molecular formula is C19H15ClFIN4O3. The molecule has 2 aromatic carbocycles. The Kier molecular flexibility index (Phi) is 5.59. The molecule has 0 spiro atoms. The lowest BCUT2D eigenvalue weighted by atomic mass is 10.0. The number of methoxy groups -OCH3 is 1. The van der Waals surface area contributed by atoms with Crippen LogP contribution in [-0.2, 0) is 11.4 Å². The molecule has 0 radical (unpaired) electrons. The normalized spacial score (nSPS) is 15.6. The molecule has 1 aliphatic heterocycles. The minimum absolute atomic E-state index is 0.0454. The van der Waals surface area contributed by atoms with E-state index >= 15 is 0 Å². The molecule has 0 bridgehead atoms. The van der Waals surface area contributed by atoms with E-state index in [-0.39, 0.29) is 30.5 Å².